The molecule has 0 aliphatic carbocycles. The second-order valence-electron chi connectivity index (χ2n) is 5.50. The maximum absolute atomic E-state index is 10.4. The van der Waals surface area contributed by atoms with Gasteiger partial charge in [-0.2, -0.15) is 0 Å². The van der Waals surface area contributed by atoms with E-state index in [0.29, 0.717) is 12.3 Å². The molecule has 0 saturated heterocycles. The summed E-state index contributed by atoms with van der Waals surface area (Å²) in [5.74, 6) is 1.30. The molecule has 1 N–H and O–H groups in total. The molecule has 0 bridgehead atoms. The molecule has 21 heavy (non-hydrogen) atoms. The van der Waals surface area contributed by atoms with Crippen molar-refractivity contribution in [2.45, 2.75) is 32.3 Å². The van der Waals surface area contributed by atoms with Crippen LogP contribution in [0.2, 0.25) is 0 Å². The number of benzene rings is 2. The molecular formula is C18H21BrO2. The predicted molar refractivity (Wildman–Crippen MR) is 89.9 cm³/mol. The highest BCUT2D eigenvalue weighted by Gasteiger charge is 2.13. The molecule has 0 radical (unpaired) electrons. The van der Waals surface area contributed by atoms with Crippen molar-refractivity contribution in [3.8, 4) is 5.75 Å². The van der Waals surface area contributed by atoms with Crippen LogP contribution in [-0.4, -0.2) is 12.2 Å². The molecule has 2 aromatic carbocycles. The minimum Gasteiger partial charge on any atom is -0.496 e. The van der Waals surface area contributed by atoms with Crippen molar-refractivity contribution in [1.29, 1.82) is 0 Å². The zero-order valence-electron chi connectivity index (χ0n) is 12.6. The first kappa shape index (κ1) is 16.1. The summed E-state index contributed by atoms with van der Waals surface area (Å²) in [5, 5.41) is 10.4. The first-order valence-electron chi connectivity index (χ1n) is 7.11. The fraction of sp³-hybridized carbons (Fsp3) is 0.333. The lowest BCUT2D eigenvalue weighted by molar-refractivity contribution is 0.177. The van der Waals surface area contributed by atoms with Crippen LogP contribution in [-0.2, 0) is 6.42 Å². The summed E-state index contributed by atoms with van der Waals surface area (Å²) < 4.78 is 6.34. The third-order valence-electron chi connectivity index (χ3n) is 3.64. The number of ether oxygens (including phenoxy) is 1. The lowest BCUT2D eigenvalue weighted by atomic mass is 9.97. The van der Waals surface area contributed by atoms with Crippen molar-refractivity contribution in [3.05, 3.63) is 63.6 Å². The number of rotatable bonds is 5. The molecule has 112 valence electrons. The van der Waals surface area contributed by atoms with Crippen LogP contribution in [0.25, 0.3) is 0 Å². The maximum Gasteiger partial charge on any atom is 0.122 e. The highest BCUT2D eigenvalue weighted by atomic mass is 79.9. The van der Waals surface area contributed by atoms with Crippen molar-refractivity contribution in [2.24, 2.45) is 0 Å². The third kappa shape index (κ3) is 4.08. The van der Waals surface area contributed by atoms with E-state index in [0.717, 1.165) is 21.3 Å². The largest absolute Gasteiger partial charge is 0.496 e. The van der Waals surface area contributed by atoms with Gasteiger partial charge >= 0.3 is 0 Å². The van der Waals surface area contributed by atoms with Gasteiger partial charge in [-0.15, -0.1) is 0 Å². The molecule has 0 heterocycles. The van der Waals surface area contributed by atoms with Gasteiger partial charge in [0.1, 0.15) is 5.75 Å². The van der Waals surface area contributed by atoms with Gasteiger partial charge in [0, 0.05) is 10.9 Å². The van der Waals surface area contributed by atoms with Gasteiger partial charge in [-0.1, -0.05) is 54.0 Å². The number of aliphatic hydroxyl groups excluding tert-OH is 1. The second-order valence-corrected chi connectivity index (χ2v) is 6.41. The number of hydrogen-bond acceptors (Lipinski definition) is 2. The quantitative estimate of drug-likeness (QED) is 0.836. The zero-order chi connectivity index (χ0) is 15.4. The van der Waals surface area contributed by atoms with E-state index >= 15 is 0 Å². The van der Waals surface area contributed by atoms with Crippen molar-refractivity contribution < 1.29 is 9.84 Å². The first-order chi connectivity index (χ1) is 10.0. The van der Waals surface area contributed by atoms with Crippen molar-refractivity contribution in [3.63, 3.8) is 0 Å². The molecule has 0 aromatic heterocycles. The Morgan fingerprint density at radius 1 is 1.05 bits per heavy atom. The van der Waals surface area contributed by atoms with Crippen LogP contribution in [0.5, 0.6) is 5.75 Å². The summed E-state index contributed by atoms with van der Waals surface area (Å²) in [6.07, 6.45) is -0.00156. The summed E-state index contributed by atoms with van der Waals surface area (Å²) in [7, 11) is 1.65. The lowest BCUT2D eigenvalue weighted by Gasteiger charge is -2.15. The Morgan fingerprint density at radius 3 is 2.24 bits per heavy atom. The van der Waals surface area contributed by atoms with Gasteiger partial charge in [0.2, 0.25) is 0 Å². The van der Waals surface area contributed by atoms with E-state index < -0.39 is 6.10 Å². The van der Waals surface area contributed by atoms with Gasteiger partial charge in [0.05, 0.1) is 13.2 Å². The fourth-order valence-corrected chi connectivity index (χ4v) is 2.74. The van der Waals surface area contributed by atoms with Gasteiger partial charge in [-0.3, -0.25) is 0 Å². The topological polar surface area (TPSA) is 29.5 Å². The second kappa shape index (κ2) is 7.10. The molecule has 2 rings (SSSR count). The monoisotopic (exact) mass is 348 g/mol. The summed E-state index contributed by atoms with van der Waals surface area (Å²) in [4.78, 5) is 0. The lowest BCUT2D eigenvalue weighted by Crippen LogP contribution is -2.04. The van der Waals surface area contributed by atoms with E-state index in [1.165, 1.54) is 5.56 Å². The van der Waals surface area contributed by atoms with E-state index in [4.69, 9.17) is 4.74 Å². The number of methoxy groups -OCH3 is 1. The minimum atomic E-state index is -0.533. The summed E-state index contributed by atoms with van der Waals surface area (Å²) in [6, 6.07) is 14.0. The van der Waals surface area contributed by atoms with Crippen LogP contribution in [0.1, 0.15) is 42.6 Å². The van der Waals surface area contributed by atoms with E-state index in [2.05, 4.69) is 41.9 Å². The molecule has 0 amide bonds. The molecule has 1 unspecified atom stereocenters. The Bertz CT molecular complexity index is 591. The van der Waals surface area contributed by atoms with Gasteiger partial charge in [0.15, 0.2) is 0 Å². The smallest absolute Gasteiger partial charge is 0.122 e. The van der Waals surface area contributed by atoms with Gasteiger partial charge in [-0.05, 0) is 40.8 Å². The number of aliphatic hydroxyl groups is 1. The Hall–Kier alpha value is -1.32. The molecule has 0 aliphatic rings. The molecule has 0 spiro atoms. The van der Waals surface area contributed by atoms with E-state index in [1.54, 1.807) is 7.11 Å². The molecule has 0 aliphatic heterocycles. The SMILES string of the molecule is COc1ccc(Br)cc1CC(O)c1ccc(C(C)C)cc1. The highest BCUT2D eigenvalue weighted by molar-refractivity contribution is 9.10. The number of halogens is 1. The fourth-order valence-electron chi connectivity index (χ4n) is 2.34. The van der Waals surface area contributed by atoms with Gasteiger partial charge in [0.25, 0.3) is 0 Å². The molecule has 0 saturated carbocycles. The summed E-state index contributed by atoms with van der Waals surface area (Å²) in [5.41, 5.74) is 3.21. The zero-order valence-corrected chi connectivity index (χ0v) is 14.2. The molecule has 0 fully saturated rings. The predicted octanol–water partition coefficient (Wildman–Crippen LogP) is 4.86. The minimum absolute atomic E-state index is 0.501. The van der Waals surface area contributed by atoms with E-state index in [1.807, 2.05) is 30.3 Å². The Labute approximate surface area is 134 Å². The molecule has 2 aromatic rings. The average Bonchev–Trinajstić information content (AvgIpc) is 2.47. The van der Waals surface area contributed by atoms with Crippen LogP contribution in [0.15, 0.2) is 46.9 Å². The molecule has 2 nitrogen and oxygen atoms in total. The number of hydrogen-bond donors (Lipinski definition) is 1. The van der Waals surface area contributed by atoms with E-state index in [-0.39, 0.29) is 0 Å². The van der Waals surface area contributed by atoms with Gasteiger partial charge in [-0.25, -0.2) is 0 Å². The molecule has 3 heteroatoms. The molecule has 1 atom stereocenters. The summed E-state index contributed by atoms with van der Waals surface area (Å²) in [6.45, 7) is 4.33. The van der Waals surface area contributed by atoms with Gasteiger partial charge < -0.3 is 9.84 Å². The maximum atomic E-state index is 10.4. The average molecular weight is 349 g/mol. The Morgan fingerprint density at radius 2 is 1.67 bits per heavy atom. The normalized spacial score (nSPS) is 12.5. The standard InChI is InChI=1S/C18H21BrO2/c1-12(2)13-4-6-14(7-5-13)17(20)11-15-10-16(19)8-9-18(15)21-3/h4-10,12,17,20H,11H2,1-3H3. The molecular weight excluding hydrogens is 328 g/mol. The van der Waals surface area contributed by atoms with E-state index in [9.17, 15) is 5.11 Å². The van der Waals surface area contributed by atoms with Crippen molar-refractivity contribution >= 4 is 15.9 Å². The Kier molecular flexibility index (Phi) is 5.43. The first-order valence-corrected chi connectivity index (χ1v) is 7.91. The Balaban J connectivity index is 2.17. The van der Waals surface area contributed by atoms with Crippen LogP contribution in [0.3, 0.4) is 0 Å². The van der Waals surface area contributed by atoms with Crippen LogP contribution >= 0.6 is 15.9 Å². The van der Waals surface area contributed by atoms with Crippen molar-refractivity contribution in [2.75, 3.05) is 7.11 Å². The van der Waals surface area contributed by atoms with Crippen LogP contribution in [0.4, 0.5) is 0 Å². The third-order valence-corrected chi connectivity index (χ3v) is 4.14. The summed E-state index contributed by atoms with van der Waals surface area (Å²) >= 11 is 3.46. The highest BCUT2D eigenvalue weighted by Crippen LogP contribution is 2.28. The van der Waals surface area contributed by atoms with Crippen LogP contribution < -0.4 is 4.74 Å². The van der Waals surface area contributed by atoms with Crippen LogP contribution in [0, 0.1) is 0 Å². The van der Waals surface area contributed by atoms with Crippen molar-refractivity contribution in [1.82, 2.24) is 0 Å².